The predicted molar refractivity (Wildman–Crippen MR) is 83.2 cm³/mol. The van der Waals surface area contributed by atoms with Gasteiger partial charge in [-0.15, -0.1) is 0 Å². The maximum absolute atomic E-state index is 12.4. The molecule has 1 aliphatic rings. The van der Waals surface area contributed by atoms with Crippen molar-refractivity contribution in [2.75, 3.05) is 31.9 Å². The molecule has 2 aromatic rings. The zero-order chi connectivity index (χ0) is 15.4. The summed E-state index contributed by atoms with van der Waals surface area (Å²) in [5.41, 5.74) is 7.56. The van der Waals surface area contributed by atoms with Crippen LogP contribution in [0, 0.1) is 0 Å². The SMILES string of the molecule is Nc1ncccc1CN1CCCN(C(=O)c2ccoc2)CC1. The molecular weight excluding hydrogens is 280 g/mol. The third-order valence-electron chi connectivity index (χ3n) is 3.96. The Labute approximate surface area is 129 Å². The molecule has 0 unspecified atom stereocenters. The van der Waals surface area contributed by atoms with Gasteiger partial charge < -0.3 is 15.1 Å². The number of furan rings is 1. The van der Waals surface area contributed by atoms with Crippen LogP contribution in [0.3, 0.4) is 0 Å². The van der Waals surface area contributed by atoms with Crippen molar-refractivity contribution in [2.24, 2.45) is 0 Å². The first-order valence-electron chi connectivity index (χ1n) is 7.47. The second-order valence-electron chi connectivity index (χ2n) is 5.48. The Morgan fingerprint density at radius 3 is 2.95 bits per heavy atom. The summed E-state index contributed by atoms with van der Waals surface area (Å²) in [5, 5.41) is 0. The van der Waals surface area contributed by atoms with E-state index in [2.05, 4.69) is 9.88 Å². The molecule has 1 aliphatic heterocycles. The van der Waals surface area contributed by atoms with Gasteiger partial charge >= 0.3 is 0 Å². The molecule has 3 heterocycles. The van der Waals surface area contributed by atoms with E-state index in [4.69, 9.17) is 10.2 Å². The number of aromatic nitrogens is 1. The lowest BCUT2D eigenvalue weighted by Crippen LogP contribution is -2.35. The Kier molecular flexibility index (Phi) is 4.39. The largest absolute Gasteiger partial charge is 0.472 e. The molecule has 0 spiro atoms. The molecule has 22 heavy (non-hydrogen) atoms. The second kappa shape index (κ2) is 6.62. The van der Waals surface area contributed by atoms with Crippen LogP contribution in [0.4, 0.5) is 5.82 Å². The highest BCUT2D eigenvalue weighted by Crippen LogP contribution is 2.14. The number of hydrogen-bond acceptors (Lipinski definition) is 5. The summed E-state index contributed by atoms with van der Waals surface area (Å²) in [6, 6.07) is 5.61. The van der Waals surface area contributed by atoms with Crippen LogP contribution in [0.1, 0.15) is 22.3 Å². The van der Waals surface area contributed by atoms with Crippen LogP contribution in [0.25, 0.3) is 0 Å². The maximum Gasteiger partial charge on any atom is 0.257 e. The predicted octanol–water partition coefficient (Wildman–Crippen LogP) is 1.60. The van der Waals surface area contributed by atoms with Crippen LogP contribution in [0.2, 0.25) is 0 Å². The topological polar surface area (TPSA) is 75.6 Å². The Morgan fingerprint density at radius 2 is 2.18 bits per heavy atom. The minimum Gasteiger partial charge on any atom is -0.472 e. The molecule has 6 nitrogen and oxygen atoms in total. The summed E-state index contributed by atoms with van der Waals surface area (Å²) in [6.07, 6.45) is 5.68. The first-order chi connectivity index (χ1) is 10.7. The van der Waals surface area contributed by atoms with Crippen molar-refractivity contribution in [3.05, 3.63) is 48.0 Å². The standard InChI is InChI=1S/C16H20N4O2/c17-15-13(3-1-5-18-15)11-19-6-2-7-20(9-8-19)16(21)14-4-10-22-12-14/h1,3-5,10,12H,2,6-9,11H2,(H2,17,18). The highest BCUT2D eigenvalue weighted by atomic mass is 16.3. The molecule has 0 atom stereocenters. The molecule has 116 valence electrons. The molecule has 0 aliphatic carbocycles. The van der Waals surface area contributed by atoms with Gasteiger partial charge in [0, 0.05) is 44.5 Å². The zero-order valence-corrected chi connectivity index (χ0v) is 12.4. The monoisotopic (exact) mass is 300 g/mol. The van der Waals surface area contributed by atoms with Crippen LogP contribution in [0.5, 0.6) is 0 Å². The lowest BCUT2D eigenvalue weighted by molar-refractivity contribution is 0.0760. The van der Waals surface area contributed by atoms with E-state index in [9.17, 15) is 4.79 Å². The number of amides is 1. The third kappa shape index (κ3) is 3.28. The summed E-state index contributed by atoms with van der Waals surface area (Å²) < 4.78 is 4.99. The second-order valence-corrected chi connectivity index (χ2v) is 5.48. The summed E-state index contributed by atoms with van der Waals surface area (Å²) in [5.74, 6) is 0.620. The summed E-state index contributed by atoms with van der Waals surface area (Å²) in [4.78, 5) is 20.7. The number of nitrogen functional groups attached to an aromatic ring is 1. The Hall–Kier alpha value is -2.34. The van der Waals surface area contributed by atoms with Gasteiger partial charge in [0.1, 0.15) is 12.1 Å². The van der Waals surface area contributed by atoms with Gasteiger partial charge in [-0.2, -0.15) is 0 Å². The lowest BCUT2D eigenvalue weighted by Gasteiger charge is -2.22. The molecule has 0 aromatic carbocycles. The fourth-order valence-corrected chi connectivity index (χ4v) is 2.73. The number of nitrogens with two attached hydrogens (primary N) is 1. The number of nitrogens with zero attached hydrogens (tertiary/aromatic N) is 3. The van der Waals surface area contributed by atoms with E-state index in [1.165, 1.54) is 12.5 Å². The number of carbonyl (C=O) groups is 1. The fourth-order valence-electron chi connectivity index (χ4n) is 2.73. The van der Waals surface area contributed by atoms with Crippen LogP contribution in [-0.4, -0.2) is 46.9 Å². The molecule has 1 fully saturated rings. The summed E-state index contributed by atoms with van der Waals surface area (Å²) in [6.45, 7) is 4.03. The van der Waals surface area contributed by atoms with E-state index >= 15 is 0 Å². The number of hydrogen-bond donors (Lipinski definition) is 1. The van der Waals surface area contributed by atoms with Crippen molar-refractivity contribution in [1.82, 2.24) is 14.8 Å². The van der Waals surface area contributed by atoms with Gasteiger partial charge in [0.25, 0.3) is 5.91 Å². The van der Waals surface area contributed by atoms with Crippen molar-refractivity contribution in [1.29, 1.82) is 0 Å². The highest BCUT2D eigenvalue weighted by Gasteiger charge is 2.21. The normalized spacial score (nSPS) is 16.5. The Bertz CT molecular complexity index is 627. The van der Waals surface area contributed by atoms with Gasteiger partial charge in [-0.25, -0.2) is 4.98 Å². The first-order valence-corrected chi connectivity index (χ1v) is 7.47. The molecule has 0 radical (unpaired) electrons. The molecule has 6 heteroatoms. The van der Waals surface area contributed by atoms with Crippen molar-refractivity contribution >= 4 is 11.7 Å². The Balaban J connectivity index is 1.60. The van der Waals surface area contributed by atoms with Crippen LogP contribution in [0.15, 0.2) is 41.3 Å². The minimum atomic E-state index is 0.0384. The molecule has 0 saturated carbocycles. The average Bonchev–Trinajstić information content (AvgIpc) is 2.96. The highest BCUT2D eigenvalue weighted by molar-refractivity contribution is 5.93. The van der Waals surface area contributed by atoms with Gasteiger partial charge in [0.2, 0.25) is 0 Å². The van der Waals surface area contributed by atoms with Crippen LogP contribution < -0.4 is 5.73 Å². The van der Waals surface area contributed by atoms with Crippen molar-refractivity contribution in [3.63, 3.8) is 0 Å². The number of rotatable bonds is 3. The number of anilines is 1. The smallest absolute Gasteiger partial charge is 0.257 e. The molecule has 0 bridgehead atoms. The average molecular weight is 300 g/mol. The van der Waals surface area contributed by atoms with E-state index in [0.717, 1.165) is 38.2 Å². The van der Waals surface area contributed by atoms with E-state index < -0.39 is 0 Å². The van der Waals surface area contributed by atoms with Crippen LogP contribution >= 0.6 is 0 Å². The summed E-state index contributed by atoms with van der Waals surface area (Å²) >= 11 is 0. The van der Waals surface area contributed by atoms with E-state index in [0.29, 0.717) is 17.9 Å². The summed E-state index contributed by atoms with van der Waals surface area (Å²) in [7, 11) is 0. The van der Waals surface area contributed by atoms with Gasteiger partial charge in [-0.1, -0.05) is 6.07 Å². The lowest BCUT2D eigenvalue weighted by atomic mass is 10.2. The molecule has 3 rings (SSSR count). The molecule has 1 saturated heterocycles. The van der Waals surface area contributed by atoms with Gasteiger partial charge in [0.05, 0.1) is 11.8 Å². The molecule has 1 amide bonds. The number of pyridine rings is 1. The van der Waals surface area contributed by atoms with E-state index in [1.54, 1.807) is 12.3 Å². The maximum atomic E-state index is 12.4. The quantitative estimate of drug-likeness (QED) is 0.932. The zero-order valence-electron chi connectivity index (χ0n) is 12.4. The van der Waals surface area contributed by atoms with E-state index in [-0.39, 0.29) is 5.91 Å². The molecule has 2 N–H and O–H groups in total. The molecule has 2 aromatic heterocycles. The van der Waals surface area contributed by atoms with Crippen molar-refractivity contribution < 1.29 is 9.21 Å². The van der Waals surface area contributed by atoms with Crippen LogP contribution in [-0.2, 0) is 6.54 Å². The first kappa shape index (κ1) is 14.6. The molecular formula is C16H20N4O2. The number of carbonyl (C=O) groups excluding carboxylic acids is 1. The Morgan fingerprint density at radius 1 is 1.27 bits per heavy atom. The third-order valence-corrected chi connectivity index (χ3v) is 3.96. The van der Waals surface area contributed by atoms with E-state index in [1.807, 2.05) is 17.0 Å². The van der Waals surface area contributed by atoms with Crippen molar-refractivity contribution in [3.8, 4) is 0 Å². The fraction of sp³-hybridized carbons (Fsp3) is 0.375. The van der Waals surface area contributed by atoms with Gasteiger partial charge in [0.15, 0.2) is 0 Å². The van der Waals surface area contributed by atoms with Gasteiger partial charge in [-0.05, 0) is 18.6 Å². The van der Waals surface area contributed by atoms with Gasteiger partial charge in [-0.3, -0.25) is 9.69 Å². The minimum absolute atomic E-state index is 0.0384. The van der Waals surface area contributed by atoms with Crippen molar-refractivity contribution in [2.45, 2.75) is 13.0 Å².